The van der Waals surface area contributed by atoms with E-state index in [-0.39, 0.29) is 11.3 Å². The third-order valence-electron chi connectivity index (χ3n) is 5.00. The molecular formula is C19H23NO4S. The maximum atomic E-state index is 12.9. The lowest BCUT2D eigenvalue weighted by Crippen LogP contribution is -2.62. The third kappa shape index (κ3) is 2.87. The molecule has 25 heavy (non-hydrogen) atoms. The first-order valence-electron chi connectivity index (χ1n) is 8.28. The Bertz CT molecular complexity index is 703. The molecule has 1 aromatic rings. The predicted molar refractivity (Wildman–Crippen MR) is 97.7 cm³/mol. The van der Waals surface area contributed by atoms with Gasteiger partial charge in [-0.15, -0.1) is 11.8 Å². The van der Waals surface area contributed by atoms with Gasteiger partial charge in [0.2, 0.25) is 5.91 Å². The molecule has 1 N–H and O–H groups in total. The fourth-order valence-corrected chi connectivity index (χ4v) is 5.39. The molecule has 0 radical (unpaired) electrons. The Balaban J connectivity index is 1.96. The molecule has 2 aliphatic rings. The molecule has 5 nitrogen and oxygen atoms in total. The molecule has 0 saturated carbocycles. The predicted octanol–water partition coefficient (Wildman–Crippen LogP) is 2.30. The van der Waals surface area contributed by atoms with Crippen molar-refractivity contribution in [2.24, 2.45) is 5.41 Å². The first-order chi connectivity index (χ1) is 11.8. The van der Waals surface area contributed by atoms with E-state index in [1.165, 1.54) is 18.9 Å². The number of hydrogen-bond acceptors (Lipinski definition) is 5. The summed E-state index contributed by atoms with van der Waals surface area (Å²) in [6.45, 7) is 3.75. The van der Waals surface area contributed by atoms with Crippen molar-refractivity contribution in [2.45, 2.75) is 37.3 Å². The maximum absolute atomic E-state index is 12.9. The van der Waals surface area contributed by atoms with E-state index in [2.05, 4.69) is 0 Å². The summed E-state index contributed by atoms with van der Waals surface area (Å²) in [5.41, 5.74) is -1.00. The number of rotatable bonds is 4. The SMILES string of the molecule is COC(=O)[C@@]1(C(O)/C=C\c2ccccc2)CS[C@H]2CC(C)(C)C(=O)N21. The van der Waals surface area contributed by atoms with Gasteiger partial charge in [0.25, 0.3) is 0 Å². The van der Waals surface area contributed by atoms with Crippen molar-refractivity contribution in [3.8, 4) is 0 Å². The van der Waals surface area contributed by atoms with Gasteiger partial charge in [0, 0.05) is 11.2 Å². The lowest BCUT2D eigenvalue weighted by atomic mass is 9.89. The van der Waals surface area contributed by atoms with Gasteiger partial charge in [-0.2, -0.15) is 0 Å². The van der Waals surface area contributed by atoms with Crippen LogP contribution in [0.2, 0.25) is 0 Å². The molecule has 1 amide bonds. The van der Waals surface area contributed by atoms with Gasteiger partial charge >= 0.3 is 5.97 Å². The molecule has 3 rings (SSSR count). The highest BCUT2D eigenvalue weighted by Crippen LogP contribution is 2.51. The number of benzene rings is 1. The molecule has 6 heteroatoms. The van der Waals surface area contributed by atoms with Gasteiger partial charge in [-0.05, 0) is 12.0 Å². The third-order valence-corrected chi connectivity index (χ3v) is 6.36. The van der Waals surface area contributed by atoms with Crippen molar-refractivity contribution in [2.75, 3.05) is 12.9 Å². The number of carbonyl (C=O) groups excluding carboxylic acids is 2. The first kappa shape index (κ1) is 18.0. The normalized spacial score (nSPS) is 29.0. The van der Waals surface area contributed by atoms with Crippen LogP contribution in [0.1, 0.15) is 25.8 Å². The number of amides is 1. The van der Waals surface area contributed by atoms with Gasteiger partial charge in [-0.25, -0.2) is 4.79 Å². The van der Waals surface area contributed by atoms with Crippen LogP contribution in [0.4, 0.5) is 0 Å². The molecule has 2 fully saturated rings. The molecule has 1 aromatic carbocycles. The molecule has 2 heterocycles. The van der Waals surface area contributed by atoms with Crippen LogP contribution in [0, 0.1) is 5.41 Å². The first-order valence-corrected chi connectivity index (χ1v) is 9.33. The van der Waals surface area contributed by atoms with E-state index >= 15 is 0 Å². The van der Waals surface area contributed by atoms with Crippen molar-refractivity contribution >= 4 is 29.7 Å². The summed E-state index contributed by atoms with van der Waals surface area (Å²) >= 11 is 1.53. The van der Waals surface area contributed by atoms with Gasteiger partial charge < -0.3 is 14.7 Å². The van der Waals surface area contributed by atoms with Crippen LogP contribution in [-0.4, -0.2) is 51.8 Å². The number of methoxy groups -OCH3 is 1. The Hall–Kier alpha value is -1.79. The van der Waals surface area contributed by atoms with E-state index in [9.17, 15) is 14.7 Å². The van der Waals surface area contributed by atoms with Gasteiger partial charge in [-0.1, -0.05) is 56.3 Å². The zero-order chi connectivity index (χ0) is 18.2. The molecular weight excluding hydrogens is 338 g/mol. The lowest BCUT2D eigenvalue weighted by Gasteiger charge is -2.38. The number of thioether (sulfide) groups is 1. The second-order valence-corrected chi connectivity index (χ2v) is 8.33. The summed E-state index contributed by atoms with van der Waals surface area (Å²) in [5.74, 6) is -0.356. The van der Waals surface area contributed by atoms with Crippen LogP contribution in [0.5, 0.6) is 0 Å². The van der Waals surface area contributed by atoms with Crippen molar-refractivity contribution in [3.05, 3.63) is 42.0 Å². The van der Waals surface area contributed by atoms with E-state index in [4.69, 9.17) is 4.74 Å². The Labute approximate surface area is 152 Å². The molecule has 0 spiro atoms. The highest BCUT2D eigenvalue weighted by atomic mass is 32.2. The van der Waals surface area contributed by atoms with E-state index < -0.39 is 23.0 Å². The number of aliphatic hydroxyl groups excluding tert-OH is 1. The van der Waals surface area contributed by atoms with Crippen LogP contribution in [0.15, 0.2) is 36.4 Å². The lowest BCUT2D eigenvalue weighted by molar-refractivity contribution is -0.165. The summed E-state index contributed by atoms with van der Waals surface area (Å²) in [6, 6.07) is 9.52. The average molecular weight is 361 g/mol. The van der Waals surface area contributed by atoms with Gasteiger partial charge in [0.15, 0.2) is 5.54 Å². The van der Waals surface area contributed by atoms with E-state index in [0.29, 0.717) is 12.2 Å². The fraction of sp³-hybridized carbons (Fsp3) is 0.474. The topological polar surface area (TPSA) is 66.8 Å². The second kappa shape index (κ2) is 6.50. The zero-order valence-corrected chi connectivity index (χ0v) is 15.5. The standard InChI is InChI=1S/C19H23NO4S/c1-18(2)11-15-20(16(18)22)19(12-25-15,17(23)24-3)14(21)10-9-13-7-5-4-6-8-13/h4-10,14-15,21H,11-12H2,1-3H3/b10-9-/t14?,15-,19-/m0/s1. The number of esters is 1. The van der Waals surface area contributed by atoms with E-state index in [1.807, 2.05) is 44.2 Å². The Kier molecular flexibility index (Phi) is 4.68. The molecule has 134 valence electrons. The summed E-state index contributed by atoms with van der Waals surface area (Å²) in [7, 11) is 1.29. The maximum Gasteiger partial charge on any atom is 0.335 e. The van der Waals surface area contributed by atoms with Crippen LogP contribution in [-0.2, 0) is 14.3 Å². The number of aliphatic hydroxyl groups is 1. The summed E-state index contributed by atoms with van der Waals surface area (Å²) in [4.78, 5) is 27.1. The minimum atomic E-state index is -1.37. The Morgan fingerprint density at radius 1 is 1.40 bits per heavy atom. The largest absolute Gasteiger partial charge is 0.467 e. The van der Waals surface area contributed by atoms with Crippen molar-refractivity contribution < 1.29 is 19.4 Å². The van der Waals surface area contributed by atoms with Crippen LogP contribution in [0.3, 0.4) is 0 Å². The number of carbonyl (C=O) groups is 2. The summed E-state index contributed by atoms with van der Waals surface area (Å²) < 4.78 is 5.00. The molecule has 0 aromatic heterocycles. The van der Waals surface area contributed by atoms with Gasteiger partial charge in [-0.3, -0.25) is 4.79 Å². The molecule has 0 aliphatic carbocycles. The van der Waals surface area contributed by atoms with Crippen molar-refractivity contribution in [1.82, 2.24) is 4.90 Å². The summed E-state index contributed by atoms with van der Waals surface area (Å²) in [5, 5.41) is 10.8. The van der Waals surface area contributed by atoms with Crippen LogP contribution < -0.4 is 0 Å². The molecule has 2 saturated heterocycles. The smallest absolute Gasteiger partial charge is 0.335 e. The van der Waals surface area contributed by atoms with Gasteiger partial charge in [0.1, 0.15) is 6.10 Å². The van der Waals surface area contributed by atoms with Crippen LogP contribution in [0.25, 0.3) is 6.08 Å². The second-order valence-electron chi connectivity index (χ2n) is 7.16. The molecule has 2 aliphatic heterocycles. The minimum absolute atomic E-state index is 0.110. The van der Waals surface area contributed by atoms with Crippen LogP contribution >= 0.6 is 11.8 Å². The highest BCUT2D eigenvalue weighted by Gasteiger charge is 2.64. The molecule has 1 unspecified atom stereocenters. The monoisotopic (exact) mass is 361 g/mol. The number of ether oxygens (including phenoxy) is 1. The highest BCUT2D eigenvalue weighted by molar-refractivity contribution is 8.00. The Morgan fingerprint density at radius 3 is 2.72 bits per heavy atom. The number of fused-ring (bicyclic) bond motifs is 1. The van der Waals surface area contributed by atoms with Crippen molar-refractivity contribution in [3.63, 3.8) is 0 Å². The number of hydrogen-bond donors (Lipinski definition) is 1. The molecule has 3 atom stereocenters. The Morgan fingerprint density at radius 2 is 2.08 bits per heavy atom. The number of nitrogens with zero attached hydrogens (tertiary/aromatic N) is 1. The van der Waals surface area contributed by atoms with Gasteiger partial charge in [0.05, 0.1) is 12.5 Å². The minimum Gasteiger partial charge on any atom is -0.467 e. The summed E-state index contributed by atoms with van der Waals surface area (Å²) in [6.07, 6.45) is 2.85. The fourth-order valence-electron chi connectivity index (χ4n) is 3.54. The zero-order valence-electron chi connectivity index (χ0n) is 14.6. The average Bonchev–Trinajstić information content (AvgIpc) is 3.08. The van der Waals surface area contributed by atoms with Crippen molar-refractivity contribution in [1.29, 1.82) is 0 Å². The van der Waals surface area contributed by atoms with E-state index in [0.717, 1.165) is 5.56 Å². The molecule has 0 bridgehead atoms. The quantitative estimate of drug-likeness (QED) is 0.834. The van der Waals surface area contributed by atoms with E-state index in [1.54, 1.807) is 17.1 Å².